The molecule has 0 bridgehead atoms. The van der Waals surface area contributed by atoms with Gasteiger partial charge in [0.1, 0.15) is 19.0 Å². The number of ether oxygens (including phenoxy) is 2. The van der Waals surface area contributed by atoms with Crippen LogP contribution in [0.3, 0.4) is 0 Å². The van der Waals surface area contributed by atoms with Gasteiger partial charge in [0.2, 0.25) is 5.95 Å². The minimum atomic E-state index is 0.219. The number of nitrogens with one attached hydrogen (secondary N) is 2. The van der Waals surface area contributed by atoms with Crippen molar-refractivity contribution in [3.05, 3.63) is 28.4 Å². The average molecular weight is 402 g/mol. The number of rotatable bonds is 3. The maximum absolute atomic E-state index is 7.00. The van der Waals surface area contributed by atoms with E-state index in [4.69, 9.17) is 26.8 Å². The number of hydrogen-bond donors (Lipinski definition) is 3. The first-order valence-corrected chi connectivity index (χ1v) is 9.82. The lowest BCUT2D eigenvalue weighted by molar-refractivity contribution is 0.171. The lowest BCUT2D eigenvalue weighted by Gasteiger charge is -2.25. The van der Waals surface area contributed by atoms with E-state index >= 15 is 0 Å². The highest BCUT2D eigenvalue weighted by Gasteiger charge is 2.27. The van der Waals surface area contributed by atoms with Crippen molar-refractivity contribution in [3.63, 3.8) is 0 Å². The Balaban J connectivity index is 1.98. The number of allylic oxidation sites excluding steroid dienone is 1. The SMILES string of the molecule is CNc1nc(N)nc(C)c1-c1cc2c(c(C3=CCNCCC3)c1Cl)OCCO2. The highest BCUT2D eigenvalue weighted by atomic mass is 35.5. The third kappa shape index (κ3) is 3.36. The lowest BCUT2D eigenvalue weighted by atomic mass is 9.94. The monoisotopic (exact) mass is 401 g/mol. The van der Waals surface area contributed by atoms with E-state index in [1.807, 2.05) is 13.0 Å². The van der Waals surface area contributed by atoms with Crippen LogP contribution in [0.2, 0.25) is 5.02 Å². The Hall–Kier alpha value is -2.51. The van der Waals surface area contributed by atoms with Crippen molar-refractivity contribution in [3.8, 4) is 22.6 Å². The summed E-state index contributed by atoms with van der Waals surface area (Å²) in [5.41, 5.74) is 10.3. The first-order valence-electron chi connectivity index (χ1n) is 9.44. The molecule has 7 nitrogen and oxygen atoms in total. The summed E-state index contributed by atoms with van der Waals surface area (Å²) in [6.45, 7) is 4.69. The second-order valence-electron chi connectivity index (χ2n) is 6.82. The van der Waals surface area contributed by atoms with Crippen molar-refractivity contribution in [2.75, 3.05) is 44.4 Å². The fourth-order valence-corrected chi connectivity index (χ4v) is 4.12. The Labute approximate surface area is 169 Å². The second kappa shape index (κ2) is 7.85. The predicted molar refractivity (Wildman–Crippen MR) is 112 cm³/mol. The van der Waals surface area contributed by atoms with Crippen LogP contribution in [-0.2, 0) is 0 Å². The molecule has 1 aromatic heterocycles. The summed E-state index contributed by atoms with van der Waals surface area (Å²) < 4.78 is 11.9. The van der Waals surface area contributed by atoms with E-state index in [1.165, 1.54) is 5.57 Å². The molecule has 0 radical (unpaired) electrons. The van der Waals surface area contributed by atoms with Gasteiger partial charge in [0, 0.05) is 30.3 Å². The predicted octanol–water partition coefficient (Wildman–Crippen LogP) is 3.27. The number of benzene rings is 1. The van der Waals surface area contributed by atoms with Crippen LogP contribution >= 0.6 is 11.6 Å². The van der Waals surface area contributed by atoms with Gasteiger partial charge in [-0.1, -0.05) is 17.7 Å². The minimum Gasteiger partial charge on any atom is -0.486 e. The average Bonchev–Trinajstić information content (AvgIpc) is 2.96. The molecule has 28 heavy (non-hydrogen) atoms. The molecule has 0 unspecified atom stereocenters. The fourth-order valence-electron chi connectivity index (χ4n) is 3.76. The number of aromatic nitrogens is 2. The zero-order valence-corrected chi connectivity index (χ0v) is 16.8. The number of nitrogens with zero attached hydrogens (tertiary/aromatic N) is 2. The Morgan fingerprint density at radius 3 is 2.86 bits per heavy atom. The van der Waals surface area contributed by atoms with Gasteiger partial charge < -0.3 is 25.8 Å². The van der Waals surface area contributed by atoms with Gasteiger partial charge in [0.25, 0.3) is 0 Å². The summed E-state index contributed by atoms with van der Waals surface area (Å²) in [7, 11) is 1.80. The highest BCUT2D eigenvalue weighted by molar-refractivity contribution is 6.35. The molecule has 0 amide bonds. The number of fused-ring (bicyclic) bond motifs is 1. The van der Waals surface area contributed by atoms with Crippen LogP contribution in [0.1, 0.15) is 24.1 Å². The van der Waals surface area contributed by atoms with Crippen LogP contribution in [0.25, 0.3) is 16.7 Å². The molecule has 0 spiro atoms. The third-order valence-electron chi connectivity index (χ3n) is 5.00. The van der Waals surface area contributed by atoms with E-state index in [0.29, 0.717) is 35.6 Å². The van der Waals surface area contributed by atoms with E-state index < -0.39 is 0 Å². The third-order valence-corrected chi connectivity index (χ3v) is 5.39. The van der Waals surface area contributed by atoms with Gasteiger partial charge in [-0.15, -0.1) is 0 Å². The number of aryl methyl sites for hydroxylation is 1. The first kappa shape index (κ1) is 18.8. The van der Waals surface area contributed by atoms with Gasteiger partial charge >= 0.3 is 0 Å². The zero-order chi connectivity index (χ0) is 19.7. The number of nitrogen functional groups attached to an aromatic ring is 1. The van der Waals surface area contributed by atoms with Gasteiger partial charge in [-0.25, -0.2) is 4.98 Å². The lowest BCUT2D eigenvalue weighted by Crippen LogP contribution is -2.17. The molecule has 148 valence electrons. The first-order chi connectivity index (χ1) is 13.6. The summed E-state index contributed by atoms with van der Waals surface area (Å²) in [4.78, 5) is 8.68. The number of halogens is 1. The summed E-state index contributed by atoms with van der Waals surface area (Å²) in [6.07, 6.45) is 4.14. The summed E-state index contributed by atoms with van der Waals surface area (Å²) in [5.74, 6) is 2.26. The Bertz CT molecular complexity index is 945. The molecule has 4 N–H and O–H groups in total. The van der Waals surface area contributed by atoms with Crippen LogP contribution in [-0.4, -0.2) is 43.3 Å². The molecule has 0 fully saturated rings. The molecule has 2 aromatic rings. The van der Waals surface area contributed by atoms with Crippen molar-refractivity contribution in [2.45, 2.75) is 19.8 Å². The zero-order valence-electron chi connectivity index (χ0n) is 16.1. The van der Waals surface area contributed by atoms with Gasteiger partial charge in [0.05, 0.1) is 10.7 Å². The molecule has 4 rings (SSSR count). The normalized spacial score (nSPS) is 16.3. The molecule has 0 aliphatic carbocycles. The molecule has 0 atom stereocenters. The van der Waals surface area contributed by atoms with Crippen molar-refractivity contribution in [2.24, 2.45) is 0 Å². The van der Waals surface area contributed by atoms with Crippen LogP contribution in [0.5, 0.6) is 11.5 Å². The molecule has 8 heteroatoms. The van der Waals surface area contributed by atoms with Crippen molar-refractivity contribution in [1.29, 1.82) is 0 Å². The number of nitrogens with two attached hydrogens (primary N) is 1. The van der Waals surface area contributed by atoms with Gasteiger partial charge in [0.15, 0.2) is 11.5 Å². The van der Waals surface area contributed by atoms with Crippen molar-refractivity contribution in [1.82, 2.24) is 15.3 Å². The summed E-state index contributed by atoms with van der Waals surface area (Å²) in [5, 5.41) is 7.11. The maximum Gasteiger partial charge on any atom is 0.222 e. The van der Waals surface area contributed by atoms with Crippen LogP contribution in [0.4, 0.5) is 11.8 Å². The Morgan fingerprint density at radius 2 is 2.04 bits per heavy atom. The van der Waals surface area contributed by atoms with Gasteiger partial charge in [-0.2, -0.15) is 4.98 Å². The molecule has 1 aromatic carbocycles. The van der Waals surface area contributed by atoms with E-state index in [9.17, 15) is 0 Å². The molecule has 2 aliphatic rings. The van der Waals surface area contributed by atoms with Crippen molar-refractivity contribution < 1.29 is 9.47 Å². The molecular weight excluding hydrogens is 378 g/mol. The largest absolute Gasteiger partial charge is 0.486 e. The van der Waals surface area contributed by atoms with E-state index in [-0.39, 0.29) is 5.95 Å². The fraction of sp³-hybridized carbons (Fsp3) is 0.400. The van der Waals surface area contributed by atoms with Crippen LogP contribution in [0.15, 0.2) is 12.1 Å². The molecule has 0 saturated carbocycles. The Kier molecular flexibility index (Phi) is 5.28. The second-order valence-corrected chi connectivity index (χ2v) is 7.19. The maximum atomic E-state index is 7.00. The molecular formula is C20H24ClN5O2. The van der Waals surface area contributed by atoms with E-state index in [1.54, 1.807) is 7.05 Å². The van der Waals surface area contributed by atoms with Crippen molar-refractivity contribution >= 4 is 28.9 Å². The quantitative estimate of drug-likeness (QED) is 0.726. The molecule has 0 saturated heterocycles. The number of anilines is 2. The van der Waals surface area contributed by atoms with Crippen LogP contribution < -0.4 is 25.8 Å². The molecule has 3 heterocycles. The van der Waals surface area contributed by atoms with Crippen LogP contribution in [0, 0.1) is 6.92 Å². The standard InChI is InChI=1S/C20H24ClN5O2/c1-11-15(19(23-2)26-20(22)25-11)13-10-14-18(28-9-8-27-14)16(17(13)21)12-4-3-6-24-7-5-12/h5,10,24H,3-4,6-9H2,1-2H3,(H3,22,23,25,26). The molecule has 2 aliphatic heterocycles. The van der Waals surface area contributed by atoms with E-state index in [2.05, 4.69) is 26.7 Å². The minimum absolute atomic E-state index is 0.219. The topological polar surface area (TPSA) is 94.3 Å². The Morgan fingerprint density at radius 1 is 1.21 bits per heavy atom. The highest BCUT2D eigenvalue weighted by Crippen LogP contribution is 2.49. The summed E-state index contributed by atoms with van der Waals surface area (Å²) >= 11 is 7.00. The summed E-state index contributed by atoms with van der Waals surface area (Å²) in [6, 6.07) is 1.92. The van der Waals surface area contributed by atoms with Gasteiger partial charge in [-0.3, -0.25) is 0 Å². The van der Waals surface area contributed by atoms with E-state index in [0.717, 1.165) is 48.3 Å². The number of hydrogen-bond acceptors (Lipinski definition) is 7. The van der Waals surface area contributed by atoms with Gasteiger partial charge in [-0.05, 0) is 37.9 Å². The smallest absolute Gasteiger partial charge is 0.222 e.